The van der Waals surface area contributed by atoms with Crippen molar-refractivity contribution in [2.24, 2.45) is 5.92 Å². The van der Waals surface area contributed by atoms with Crippen LogP contribution in [0.2, 0.25) is 0 Å². The molecule has 0 saturated heterocycles. The van der Waals surface area contributed by atoms with Crippen LogP contribution >= 0.6 is 15.9 Å². The molecule has 0 radical (unpaired) electrons. The average molecular weight is 352 g/mol. The van der Waals surface area contributed by atoms with Crippen LogP contribution in [0.3, 0.4) is 0 Å². The lowest BCUT2D eigenvalue weighted by atomic mass is 10.1. The highest BCUT2D eigenvalue weighted by atomic mass is 79.9. The second-order valence-corrected chi connectivity index (χ2v) is 6.36. The Hall–Kier alpha value is -1.36. The zero-order valence-corrected chi connectivity index (χ0v) is 14.6. The Balaban J connectivity index is 2.47. The Morgan fingerprint density at radius 3 is 2.67 bits per heavy atom. The van der Waals surface area contributed by atoms with Gasteiger partial charge in [-0.1, -0.05) is 20.8 Å². The summed E-state index contributed by atoms with van der Waals surface area (Å²) >= 11 is 3.64. The molecule has 1 N–H and O–H groups in total. The van der Waals surface area contributed by atoms with Gasteiger partial charge in [0.1, 0.15) is 11.6 Å². The van der Waals surface area contributed by atoms with Crippen molar-refractivity contribution in [3.8, 4) is 11.4 Å². The number of aromatic nitrogens is 2. The third kappa shape index (κ3) is 3.84. The minimum atomic E-state index is 0.536. The molecule has 0 aliphatic heterocycles. The van der Waals surface area contributed by atoms with Gasteiger partial charge in [-0.2, -0.15) is 0 Å². The lowest BCUT2D eigenvalue weighted by Crippen LogP contribution is -2.09. The lowest BCUT2D eigenvalue weighted by molar-refractivity contribution is 0.535. The van der Waals surface area contributed by atoms with E-state index in [1.807, 2.05) is 13.0 Å². The van der Waals surface area contributed by atoms with Gasteiger partial charge in [-0.15, -0.1) is 0 Å². The fourth-order valence-electron chi connectivity index (χ4n) is 2.11. The van der Waals surface area contributed by atoms with Crippen molar-refractivity contribution in [3.05, 3.63) is 28.3 Å². The van der Waals surface area contributed by atoms with Crippen molar-refractivity contribution in [2.45, 2.75) is 40.5 Å². The van der Waals surface area contributed by atoms with E-state index in [4.69, 9.17) is 9.40 Å². The predicted octanol–water partition coefficient (Wildman–Crippen LogP) is 4.83. The van der Waals surface area contributed by atoms with Gasteiger partial charge in [0.15, 0.2) is 5.82 Å². The highest BCUT2D eigenvalue weighted by Crippen LogP contribution is 2.30. The molecule has 2 heterocycles. The van der Waals surface area contributed by atoms with Gasteiger partial charge in [0, 0.05) is 6.54 Å². The molecular formula is C16H22BrN3O. The number of anilines is 1. The van der Waals surface area contributed by atoms with Crippen molar-refractivity contribution in [2.75, 3.05) is 11.9 Å². The van der Waals surface area contributed by atoms with Crippen LogP contribution in [0.25, 0.3) is 11.4 Å². The highest BCUT2D eigenvalue weighted by molar-refractivity contribution is 9.10. The molecule has 0 aliphatic rings. The number of halogens is 1. The van der Waals surface area contributed by atoms with Gasteiger partial charge in [0.05, 0.1) is 22.0 Å². The quantitative estimate of drug-likeness (QED) is 0.809. The molecule has 0 amide bonds. The molecular weight excluding hydrogens is 330 g/mol. The zero-order chi connectivity index (χ0) is 15.4. The first-order valence-electron chi connectivity index (χ1n) is 7.37. The topological polar surface area (TPSA) is 51.0 Å². The van der Waals surface area contributed by atoms with Gasteiger partial charge < -0.3 is 9.73 Å². The van der Waals surface area contributed by atoms with Gasteiger partial charge >= 0.3 is 0 Å². The monoisotopic (exact) mass is 351 g/mol. The van der Waals surface area contributed by atoms with Crippen molar-refractivity contribution in [3.63, 3.8) is 0 Å². The van der Waals surface area contributed by atoms with Crippen LogP contribution in [-0.2, 0) is 6.42 Å². The summed E-state index contributed by atoms with van der Waals surface area (Å²) in [5, 5.41) is 3.37. The van der Waals surface area contributed by atoms with Crippen LogP contribution in [0.5, 0.6) is 0 Å². The molecule has 114 valence electrons. The van der Waals surface area contributed by atoms with E-state index in [2.05, 4.69) is 47.0 Å². The number of nitrogens with zero attached hydrogens (tertiary/aromatic N) is 2. The van der Waals surface area contributed by atoms with E-state index >= 15 is 0 Å². The first-order valence-corrected chi connectivity index (χ1v) is 8.17. The van der Waals surface area contributed by atoms with E-state index < -0.39 is 0 Å². The second-order valence-electron chi connectivity index (χ2n) is 5.57. The van der Waals surface area contributed by atoms with Crippen molar-refractivity contribution in [1.29, 1.82) is 0 Å². The summed E-state index contributed by atoms with van der Waals surface area (Å²) in [6.07, 6.45) is 3.64. The summed E-state index contributed by atoms with van der Waals surface area (Å²) in [7, 11) is 0. The minimum Gasteiger partial charge on any atom is -0.469 e. The molecule has 0 aromatic carbocycles. The van der Waals surface area contributed by atoms with Gasteiger partial charge in [-0.05, 0) is 47.7 Å². The molecule has 0 aliphatic carbocycles. The Labute approximate surface area is 134 Å². The van der Waals surface area contributed by atoms with Crippen molar-refractivity contribution < 1.29 is 4.42 Å². The number of aryl methyl sites for hydroxylation is 1. The molecule has 0 fully saturated rings. The maximum absolute atomic E-state index is 5.38. The van der Waals surface area contributed by atoms with E-state index in [1.54, 1.807) is 6.26 Å². The van der Waals surface area contributed by atoms with E-state index in [-0.39, 0.29) is 0 Å². The second kappa shape index (κ2) is 7.07. The summed E-state index contributed by atoms with van der Waals surface area (Å²) in [5.41, 5.74) is 1.99. The van der Waals surface area contributed by atoms with Crippen LogP contribution in [0.15, 0.2) is 21.2 Å². The Kier molecular flexibility index (Phi) is 5.39. The number of nitrogens with one attached hydrogen (secondary N) is 1. The Bertz CT molecular complexity index is 608. The van der Waals surface area contributed by atoms with Gasteiger partial charge in [-0.25, -0.2) is 9.97 Å². The van der Waals surface area contributed by atoms with E-state index in [1.165, 1.54) is 0 Å². The fourth-order valence-corrected chi connectivity index (χ4v) is 2.59. The lowest BCUT2D eigenvalue weighted by Gasteiger charge is -2.13. The average Bonchev–Trinajstić information content (AvgIpc) is 2.85. The molecule has 5 heteroatoms. The van der Waals surface area contributed by atoms with Crippen LogP contribution < -0.4 is 5.32 Å². The van der Waals surface area contributed by atoms with Gasteiger partial charge in [0.2, 0.25) is 0 Å². The van der Waals surface area contributed by atoms with Crippen molar-refractivity contribution >= 4 is 21.7 Å². The number of rotatable bonds is 6. The van der Waals surface area contributed by atoms with Crippen LogP contribution in [0.4, 0.5) is 5.82 Å². The number of hydrogen-bond donors (Lipinski definition) is 1. The summed E-state index contributed by atoms with van der Waals surface area (Å²) in [6.45, 7) is 9.34. The minimum absolute atomic E-state index is 0.536. The molecule has 2 aromatic rings. The van der Waals surface area contributed by atoms with Crippen LogP contribution in [-0.4, -0.2) is 16.5 Å². The molecule has 2 rings (SSSR count). The molecule has 0 unspecified atom stereocenters. The normalized spacial score (nSPS) is 11.1. The maximum Gasteiger partial charge on any atom is 0.165 e. The summed E-state index contributed by atoms with van der Waals surface area (Å²) in [4.78, 5) is 9.38. The predicted molar refractivity (Wildman–Crippen MR) is 89.5 cm³/mol. The van der Waals surface area contributed by atoms with E-state index in [9.17, 15) is 0 Å². The third-order valence-electron chi connectivity index (χ3n) is 3.16. The van der Waals surface area contributed by atoms with Crippen molar-refractivity contribution in [1.82, 2.24) is 9.97 Å². The molecule has 2 aromatic heterocycles. The smallest absolute Gasteiger partial charge is 0.165 e. The molecule has 0 bridgehead atoms. The largest absolute Gasteiger partial charge is 0.469 e. The summed E-state index contributed by atoms with van der Waals surface area (Å²) in [5.74, 6) is 2.96. The molecule has 0 saturated carbocycles. The zero-order valence-electron chi connectivity index (χ0n) is 13.0. The standard InChI is InChI=1S/C16H22BrN3O/c1-5-7-18-16-14(17)13(9-10(2)3)19-15(20-16)12-6-8-21-11(12)4/h6,8,10H,5,7,9H2,1-4H3,(H,18,19,20). The van der Waals surface area contributed by atoms with Gasteiger partial charge in [0.25, 0.3) is 0 Å². The molecule has 0 atom stereocenters. The Morgan fingerprint density at radius 2 is 2.10 bits per heavy atom. The molecule has 0 spiro atoms. The van der Waals surface area contributed by atoms with Gasteiger partial charge in [-0.3, -0.25) is 0 Å². The third-order valence-corrected chi connectivity index (χ3v) is 4.00. The highest BCUT2D eigenvalue weighted by Gasteiger charge is 2.16. The number of furan rings is 1. The summed E-state index contributed by atoms with van der Waals surface area (Å²) in [6, 6.07) is 1.92. The SMILES string of the molecule is CCCNc1nc(-c2ccoc2C)nc(CC(C)C)c1Br. The fraction of sp³-hybridized carbons (Fsp3) is 0.500. The number of hydrogen-bond acceptors (Lipinski definition) is 4. The first-order chi connectivity index (χ1) is 10.0. The summed E-state index contributed by atoms with van der Waals surface area (Å²) < 4.78 is 6.35. The van der Waals surface area contributed by atoms with Crippen LogP contribution in [0, 0.1) is 12.8 Å². The Morgan fingerprint density at radius 1 is 1.33 bits per heavy atom. The molecule has 21 heavy (non-hydrogen) atoms. The van der Waals surface area contributed by atoms with E-state index in [0.717, 1.165) is 52.5 Å². The maximum atomic E-state index is 5.38. The first kappa shape index (κ1) is 16.0. The van der Waals surface area contributed by atoms with E-state index in [0.29, 0.717) is 5.92 Å². The van der Waals surface area contributed by atoms with Crippen LogP contribution in [0.1, 0.15) is 38.6 Å². The molecule has 4 nitrogen and oxygen atoms in total.